The van der Waals surface area contributed by atoms with Gasteiger partial charge in [0.05, 0.1) is 11.5 Å². The highest BCUT2D eigenvalue weighted by Gasteiger charge is 2.33. The quantitative estimate of drug-likeness (QED) is 0.862. The molecule has 0 bridgehead atoms. The summed E-state index contributed by atoms with van der Waals surface area (Å²) in [5.41, 5.74) is 1.85. The van der Waals surface area contributed by atoms with Crippen LogP contribution in [-0.2, 0) is 21.3 Å². The van der Waals surface area contributed by atoms with Gasteiger partial charge in [0.1, 0.15) is 0 Å². The maximum atomic E-state index is 12.8. The smallest absolute Gasteiger partial charge is 0.243 e. The van der Waals surface area contributed by atoms with Gasteiger partial charge in [-0.1, -0.05) is 12.1 Å². The van der Waals surface area contributed by atoms with Crippen LogP contribution in [0.5, 0.6) is 0 Å². The fraction of sp³-hybridized carbons (Fsp3) is 0.600. The van der Waals surface area contributed by atoms with Crippen molar-refractivity contribution < 1.29 is 13.2 Å². The summed E-state index contributed by atoms with van der Waals surface area (Å²) >= 11 is 0. The standard InChI is InChI=1S/C15H24N2O3S/c1-12-14(9-16-2)5-4-6-15(12)21(18,19)17-8-7-13(10-17)11-20-3/h4-6,13,16H,7-11H2,1-3H3. The molecule has 0 aliphatic carbocycles. The molecule has 1 heterocycles. The van der Waals surface area contributed by atoms with E-state index in [-0.39, 0.29) is 0 Å². The number of methoxy groups -OCH3 is 1. The minimum Gasteiger partial charge on any atom is -0.384 e. The van der Waals surface area contributed by atoms with Gasteiger partial charge in [-0.05, 0) is 43.5 Å². The first-order valence-electron chi connectivity index (χ1n) is 7.23. The monoisotopic (exact) mass is 312 g/mol. The first-order chi connectivity index (χ1) is 10.0. The van der Waals surface area contributed by atoms with Crippen molar-refractivity contribution in [3.8, 4) is 0 Å². The van der Waals surface area contributed by atoms with Crippen LogP contribution in [0.1, 0.15) is 17.5 Å². The van der Waals surface area contributed by atoms with Crippen LogP contribution in [0.15, 0.2) is 23.1 Å². The largest absolute Gasteiger partial charge is 0.384 e. The van der Waals surface area contributed by atoms with Crippen molar-refractivity contribution in [3.05, 3.63) is 29.3 Å². The molecular formula is C15H24N2O3S. The summed E-state index contributed by atoms with van der Waals surface area (Å²) in [5.74, 6) is 0.297. The molecule has 1 N–H and O–H groups in total. The molecule has 0 saturated carbocycles. The van der Waals surface area contributed by atoms with Gasteiger partial charge >= 0.3 is 0 Å². The summed E-state index contributed by atoms with van der Waals surface area (Å²) in [4.78, 5) is 0.424. The van der Waals surface area contributed by atoms with E-state index < -0.39 is 10.0 Å². The second kappa shape index (κ2) is 6.87. The number of hydrogen-bond acceptors (Lipinski definition) is 4. The molecule has 0 spiro atoms. The molecule has 1 aromatic carbocycles. The highest BCUT2D eigenvalue weighted by molar-refractivity contribution is 7.89. The molecule has 0 aromatic heterocycles. The van der Waals surface area contributed by atoms with E-state index in [4.69, 9.17) is 4.74 Å². The Morgan fingerprint density at radius 1 is 1.43 bits per heavy atom. The Morgan fingerprint density at radius 3 is 2.86 bits per heavy atom. The van der Waals surface area contributed by atoms with Crippen molar-refractivity contribution in [2.75, 3.05) is 33.9 Å². The fourth-order valence-electron chi connectivity index (χ4n) is 2.85. The van der Waals surface area contributed by atoms with E-state index >= 15 is 0 Å². The van der Waals surface area contributed by atoms with Crippen LogP contribution in [0.4, 0.5) is 0 Å². The van der Waals surface area contributed by atoms with E-state index in [1.54, 1.807) is 17.5 Å². The molecule has 1 aromatic rings. The van der Waals surface area contributed by atoms with Crippen molar-refractivity contribution in [2.24, 2.45) is 5.92 Å². The molecule has 21 heavy (non-hydrogen) atoms. The van der Waals surface area contributed by atoms with Gasteiger partial charge < -0.3 is 10.1 Å². The van der Waals surface area contributed by atoms with Gasteiger partial charge in [-0.25, -0.2) is 8.42 Å². The van der Waals surface area contributed by atoms with Crippen LogP contribution in [0, 0.1) is 12.8 Å². The lowest BCUT2D eigenvalue weighted by molar-refractivity contribution is 0.157. The number of sulfonamides is 1. The SMILES string of the molecule is CNCc1cccc(S(=O)(=O)N2CCC(COC)C2)c1C. The molecular weight excluding hydrogens is 288 g/mol. The maximum absolute atomic E-state index is 12.8. The highest BCUT2D eigenvalue weighted by atomic mass is 32.2. The van der Waals surface area contributed by atoms with E-state index in [9.17, 15) is 8.42 Å². The van der Waals surface area contributed by atoms with Gasteiger partial charge in [-0.3, -0.25) is 0 Å². The first kappa shape index (κ1) is 16.4. The molecule has 5 nitrogen and oxygen atoms in total. The van der Waals surface area contributed by atoms with Gasteiger partial charge in [-0.15, -0.1) is 0 Å². The van der Waals surface area contributed by atoms with Crippen LogP contribution in [-0.4, -0.2) is 46.6 Å². The summed E-state index contributed by atoms with van der Waals surface area (Å²) in [5, 5.41) is 3.07. The Morgan fingerprint density at radius 2 is 2.19 bits per heavy atom. The zero-order valence-electron chi connectivity index (χ0n) is 12.9. The molecule has 1 aliphatic heterocycles. The number of hydrogen-bond donors (Lipinski definition) is 1. The number of nitrogens with one attached hydrogen (secondary N) is 1. The second-order valence-corrected chi connectivity index (χ2v) is 7.45. The molecule has 0 amide bonds. The summed E-state index contributed by atoms with van der Waals surface area (Å²) in [7, 11) is 0.101. The van der Waals surface area contributed by atoms with E-state index in [0.29, 0.717) is 37.1 Å². The number of rotatable bonds is 6. The summed E-state index contributed by atoms with van der Waals surface area (Å²) < 4.78 is 32.4. The van der Waals surface area contributed by atoms with Crippen molar-refractivity contribution in [1.29, 1.82) is 0 Å². The lowest BCUT2D eigenvalue weighted by Gasteiger charge is -2.19. The van der Waals surface area contributed by atoms with Crippen LogP contribution >= 0.6 is 0 Å². The molecule has 1 atom stereocenters. The van der Waals surface area contributed by atoms with Gasteiger partial charge in [0.25, 0.3) is 0 Å². The summed E-state index contributed by atoms with van der Waals surface area (Å²) in [6.45, 7) is 4.28. The topological polar surface area (TPSA) is 58.6 Å². The minimum absolute atomic E-state index is 0.297. The van der Waals surface area contributed by atoms with Gasteiger partial charge in [0, 0.05) is 26.7 Å². The normalized spacial score (nSPS) is 20.0. The van der Waals surface area contributed by atoms with Crippen LogP contribution in [0.25, 0.3) is 0 Å². The number of ether oxygens (including phenoxy) is 1. The average molecular weight is 312 g/mol. The molecule has 118 valence electrons. The maximum Gasteiger partial charge on any atom is 0.243 e. The van der Waals surface area contributed by atoms with Crippen LogP contribution < -0.4 is 5.32 Å². The van der Waals surface area contributed by atoms with E-state index in [0.717, 1.165) is 17.5 Å². The van der Waals surface area contributed by atoms with Gasteiger partial charge in [-0.2, -0.15) is 4.31 Å². The zero-order valence-corrected chi connectivity index (χ0v) is 13.7. The Bertz CT molecular complexity index is 587. The Balaban J connectivity index is 2.26. The lowest BCUT2D eigenvalue weighted by Crippen LogP contribution is -2.30. The molecule has 0 radical (unpaired) electrons. The van der Waals surface area contributed by atoms with Crippen molar-refractivity contribution >= 4 is 10.0 Å². The van der Waals surface area contributed by atoms with E-state index in [1.165, 1.54) is 0 Å². The molecule has 1 aliphatic rings. The van der Waals surface area contributed by atoms with Crippen molar-refractivity contribution in [1.82, 2.24) is 9.62 Å². The predicted octanol–water partition coefficient (Wildman–Crippen LogP) is 1.37. The predicted molar refractivity (Wildman–Crippen MR) is 82.7 cm³/mol. The summed E-state index contributed by atoms with van der Waals surface area (Å²) in [6, 6.07) is 5.48. The Hall–Kier alpha value is -0.950. The van der Waals surface area contributed by atoms with E-state index in [2.05, 4.69) is 5.32 Å². The Labute approximate surface area is 127 Å². The molecule has 1 unspecified atom stereocenters. The third-order valence-corrected chi connectivity index (χ3v) is 6.04. The van der Waals surface area contributed by atoms with Gasteiger partial charge in [0.15, 0.2) is 0 Å². The highest BCUT2D eigenvalue weighted by Crippen LogP contribution is 2.27. The number of nitrogens with zero attached hydrogens (tertiary/aromatic N) is 1. The summed E-state index contributed by atoms with van der Waals surface area (Å²) in [6.07, 6.45) is 0.863. The van der Waals surface area contributed by atoms with Crippen molar-refractivity contribution in [2.45, 2.75) is 24.8 Å². The minimum atomic E-state index is -3.41. The average Bonchev–Trinajstić information content (AvgIpc) is 2.91. The van der Waals surface area contributed by atoms with Gasteiger partial charge in [0.2, 0.25) is 10.0 Å². The third-order valence-electron chi connectivity index (χ3n) is 4.03. The molecule has 6 heteroatoms. The molecule has 1 fully saturated rings. The molecule has 1 saturated heterocycles. The van der Waals surface area contributed by atoms with Crippen molar-refractivity contribution in [3.63, 3.8) is 0 Å². The van der Waals surface area contributed by atoms with E-state index in [1.807, 2.05) is 26.1 Å². The Kier molecular flexibility index (Phi) is 5.37. The molecule has 2 rings (SSSR count). The van der Waals surface area contributed by atoms with Crippen LogP contribution in [0.2, 0.25) is 0 Å². The number of benzene rings is 1. The third kappa shape index (κ3) is 3.45. The first-order valence-corrected chi connectivity index (χ1v) is 8.67. The second-order valence-electron chi connectivity index (χ2n) is 5.54. The fourth-order valence-corrected chi connectivity index (χ4v) is 4.65. The van der Waals surface area contributed by atoms with Crippen LogP contribution in [0.3, 0.4) is 0 Å². The zero-order chi connectivity index (χ0) is 15.5. The lowest BCUT2D eigenvalue weighted by atomic mass is 10.1.